The third kappa shape index (κ3) is 3.40. The van der Waals surface area contributed by atoms with E-state index < -0.39 is 0 Å². The highest BCUT2D eigenvalue weighted by atomic mass is 79.9. The molecule has 1 aromatic rings. The molecule has 0 fully saturated rings. The molecule has 0 aliphatic carbocycles. The summed E-state index contributed by atoms with van der Waals surface area (Å²) in [6.45, 7) is 0.585. The van der Waals surface area contributed by atoms with Gasteiger partial charge in [0.15, 0.2) is 0 Å². The standard InChI is InChI=1S/C9H10BrNOS/c1-11(9(12)13)6-7-3-2-4-8(10)5-7/h2-5H,6H2,1H3,(H,12,13). The second-order valence-corrected chi connectivity index (χ2v) is 4.07. The van der Waals surface area contributed by atoms with Gasteiger partial charge in [-0.1, -0.05) is 40.7 Å². The van der Waals surface area contributed by atoms with E-state index in [1.54, 1.807) is 11.9 Å². The van der Waals surface area contributed by atoms with Gasteiger partial charge in [0, 0.05) is 18.1 Å². The van der Waals surface area contributed by atoms with Gasteiger partial charge in [-0.3, -0.25) is 4.79 Å². The van der Waals surface area contributed by atoms with Crippen molar-refractivity contribution >= 4 is 33.8 Å². The number of amides is 1. The normalized spacial score (nSPS) is 9.77. The summed E-state index contributed by atoms with van der Waals surface area (Å²) in [5.41, 5.74) is 1.08. The van der Waals surface area contributed by atoms with Crippen molar-refractivity contribution in [3.05, 3.63) is 34.3 Å². The number of carbonyl (C=O) groups is 1. The molecule has 1 aromatic carbocycles. The first-order chi connectivity index (χ1) is 6.09. The van der Waals surface area contributed by atoms with Gasteiger partial charge in [-0.25, -0.2) is 0 Å². The van der Waals surface area contributed by atoms with E-state index in [4.69, 9.17) is 0 Å². The Balaban J connectivity index is 2.69. The molecule has 0 unspecified atom stereocenters. The van der Waals surface area contributed by atoms with Crippen LogP contribution in [0.15, 0.2) is 28.7 Å². The molecule has 0 spiro atoms. The summed E-state index contributed by atoms with van der Waals surface area (Å²) in [6, 6.07) is 7.84. The van der Waals surface area contributed by atoms with Crippen molar-refractivity contribution in [2.45, 2.75) is 6.54 Å². The van der Waals surface area contributed by atoms with Crippen molar-refractivity contribution in [2.24, 2.45) is 0 Å². The van der Waals surface area contributed by atoms with Crippen molar-refractivity contribution in [1.82, 2.24) is 4.90 Å². The monoisotopic (exact) mass is 259 g/mol. The summed E-state index contributed by atoms with van der Waals surface area (Å²) in [4.78, 5) is 12.4. The second-order valence-electron chi connectivity index (χ2n) is 2.77. The maximum atomic E-state index is 10.8. The van der Waals surface area contributed by atoms with E-state index in [1.807, 2.05) is 24.3 Å². The Bertz CT molecular complexity index is 316. The Labute approximate surface area is 91.5 Å². The molecular weight excluding hydrogens is 250 g/mol. The topological polar surface area (TPSA) is 20.3 Å². The van der Waals surface area contributed by atoms with E-state index >= 15 is 0 Å². The lowest BCUT2D eigenvalue weighted by Gasteiger charge is -2.13. The summed E-state index contributed by atoms with van der Waals surface area (Å²) >= 11 is 7.09. The number of thiol groups is 1. The lowest BCUT2D eigenvalue weighted by Crippen LogP contribution is -2.19. The van der Waals surface area contributed by atoms with Crippen molar-refractivity contribution in [3.8, 4) is 0 Å². The van der Waals surface area contributed by atoms with Crippen LogP contribution >= 0.6 is 28.6 Å². The maximum absolute atomic E-state index is 10.8. The number of rotatable bonds is 2. The second kappa shape index (κ2) is 4.67. The smallest absolute Gasteiger partial charge is 0.278 e. The highest BCUT2D eigenvalue weighted by Crippen LogP contribution is 2.13. The maximum Gasteiger partial charge on any atom is 0.278 e. The molecule has 0 aliphatic heterocycles. The SMILES string of the molecule is CN(Cc1cccc(Br)c1)C(=O)S. The molecule has 1 rings (SSSR count). The summed E-state index contributed by atoms with van der Waals surface area (Å²) in [5.74, 6) is 0. The molecule has 0 aliphatic rings. The van der Waals surface area contributed by atoms with Gasteiger partial charge < -0.3 is 4.90 Å². The van der Waals surface area contributed by atoms with Crippen LogP contribution in [0.25, 0.3) is 0 Å². The molecule has 0 N–H and O–H groups in total. The molecule has 1 amide bonds. The first-order valence-electron chi connectivity index (χ1n) is 3.78. The molecule has 70 valence electrons. The van der Waals surface area contributed by atoms with Crippen LogP contribution in [0.1, 0.15) is 5.56 Å². The van der Waals surface area contributed by atoms with Crippen LogP contribution in [-0.2, 0) is 6.54 Å². The largest absolute Gasteiger partial charge is 0.333 e. The van der Waals surface area contributed by atoms with Crippen LogP contribution in [0.4, 0.5) is 4.79 Å². The minimum absolute atomic E-state index is 0.222. The lowest BCUT2D eigenvalue weighted by molar-refractivity contribution is 0.232. The molecule has 0 bridgehead atoms. The Hall–Kier alpha value is -0.480. The van der Waals surface area contributed by atoms with Crippen LogP contribution in [0.2, 0.25) is 0 Å². The zero-order valence-corrected chi connectivity index (χ0v) is 9.68. The van der Waals surface area contributed by atoms with Gasteiger partial charge in [-0.2, -0.15) is 0 Å². The third-order valence-electron chi connectivity index (χ3n) is 1.64. The van der Waals surface area contributed by atoms with Crippen LogP contribution in [0.5, 0.6) is 0 Å². The zero-order valence-electron chi connectivity index (χ0n) is 7.20. The number of benzene rings is 1. The van der Waals surface area contributed by atoms with Crippen LogP contribution in [-0.4, -0.2) is 17.2 Å². The van der Waals surface area contributed by atoms with Crippen LogP contribution in [0.3, 0.4) is 0 Å². The molecular formula is C9H10BrNOS. The van der Waals surface area contributed by atoms with E-state index in [0.717, 1.165) is 10.0 Å². The van der Waals surface area contributed by atoms with E-state index in [-0.39, 0.29) is 5.24 Å². The van der Waals surface area contributed by atoms with Gasteiger partial charge in [0.2, 0.25) is 0 Å². The first-order valence-corrected chi connectivity index (χ1v) is 5.02. The Morgan fingerprint density at radius 1 is 1.62 bits per heavy atom. The van der Waals surface area contributed by atoms with E-state index in [1.165, 1.54) is 0 Å². The summed E-state index contributed by atoms with van der Waals surface area (Å²) in [7, 11) is 1.72. The first kappa shape index (κ1) is 10.6. The molecule has 2 nitrogen and oxygen atoms in total. The molecule has 0 saturated carbocycles. The number of carbonyl (C=O) groups excluding carboxylic acids is 1. The van der Waals surface area contributed by atoms with E-state index in [9.17, 15) is 4.79 Å². The fraction of sp³-hybridized carbons (Fsp3) is 0.222. The number of hydrogen-bond donors (Lipinski definition) is 1. The molecule has 13 heavy (non-hydrogen) atoms. The fourth-order valence-electron chi connectivity index (χ4n) is 0.977. The van der Waals surface area contributed by atoms with Crippen molar-refractivity contribution < 1.29 is 4.79 Å². The predicted octanol–water partition coefficient (Wildman–Crippen LogP) is 2.93. The lowest BCUT2D eigenvalue weighted by atomic mass is 10.2. The molecule has 0 radical (unpaired) electrons. The van der Waals surface area contributed by atoms with E-state index in [2.05, 4.69) is 28.6 Å². The Kier molecular flexibility index (Phi) is 3.81. The molecule has 4 heteroatoms. The number of nitrogens with zero attached hydrogens (tertiary/aromatic N) is 1. The van der Waals surface area contributed by atoms with Crippen LogP contribution < -0.4 is 0 Å². The van der Waals surface area contributed by atoms with Crippen molar-refractivity contribution in [1.29, 1.82) is 0 Å². The molecule has 0 heterocycles. The van der Waals surface area contributed by atoms with Gasteiger partial charge in [0.25, 0.3) is 5.24 Å². The average molecular weight is 260 g/mol. The highest BCUT2D eigenvalue weighted by molar-refractivity contribution is 9.10. The van der Waals surface area contributed by atoms with E-state index in [0.29, 0.717) is 6.54 Å². The summed E-state index contributed by atoms with van der Waals surface area (Å²) in [5, 5.41) is -0.222. The summed E-state index contributed by atoms with van der Waals surface area (Å²) < 4.78 is 1.02. The van der Waals surface area contributed by atoms with Gasteiger partial charge in [0.05, 0.1) is 0 Å². The molecule has 0 atom stereocenters. The zero-order chi connectivity index (χ0) is 9.84. The van der Waals surface area contributed by atoms with Crippen molar-refractivity contribution in [2.75, 3.05) is 7.05 Å². The average Bonchev–Trinajstić information content (AvgIpc) is 2.04. The minimum atomic E-state index is -0.222. The minimum Gasteiger partial charge on any atom is -0.333 e. The third-order valence-corrected chi connectivity index (χ3v) is 2.47. The van der Waals surface area contributed by atoms with Gasteiger partial charge in [-0.15, -0.1) is 0 Å². The molecule has 0 saturated heterocycles. The Morgan fingerprint density at radius 2 is 2.31 bits per heavy atom. The van der Waals surface area contributed by atoms with Gasteiger partial charge in [0.1, 0.15) is 0 Å². The fourth-order valence-corrected chi connectivity index (χ4v) is 1.49. The Morgan fingerprint density at radius 3 is 2.85 bits per heavy atom. The van der Waals surface area contributed by atoms with Crippen molar-refractivity contribution in [3.63, 3.8) is 0 Å². The predicted molar refractivity (Wildman–Crippen MR) is 60.0 cm³/mol. The van der Waals surface area contributed by atoms with Gasteiger partial charge >= 0.3 is 0 Å². The molecule has 0 aromatic heterocycles. The van der Waals surface area contributed by atoms with Crippen LogP contribution in [0, 0.1) is 0 Å². The number of hydrogen-bond acceptors (Lipinski definition) is 1. The summed E-state index contributed by atoms with van der Waals surface area (Å²) in [6.07, 6.45) is 0. The highest BCUT2D eigenvalue weighted by Gasteiger charge is 2.03. The van der Waals surface area contributed by atoms with Gasteiger partial charge in [-0.05, 0) is 17.7 Å². The number of halogens is 1. The quantitative estimate of drug-likeness (QED) is 0.810.